The second-order valence-corrected chi connectivity index (χ2v) is 4.83. The second-order valence-electron chi connectivity index (χ2n) is 4.83. The molecule has 0 unspecified atom stereocenters. The fraction of sp³-hybridized carbons (Fsp3) is 0.0667. The van der Waals surface area contributed by atoms with Crippen molar-refractivity contribution in [1.82, 2.24) is 19.9 Å². The molecule has 0 radical (unpaired) electrons. The van der Waals surface area contributed by atoms with Crippen molar-refractivity contribution in [3.63, 3.8) is 0 Å². The SMILES string of the molecule is [C-]#[N+]c1c[nH]n2c(=O)c([O-])c(C(=O)NCc3ccc(F)cc3)nc12. The Morgan fingerprint density at radius 3 is 2.79 bits per heavy atom. The Bertz CT molecular complexity index is 1030. The summed E-state index contributed by atoms with van der Waals surface area (Å²) in [6.07, 6.45) is 1.22. The van der Waals surface area contributed by atoms with E-state index in [4.69, 9.17) is 6.57 Å². The zero-order valence-electron chi connectivity index (χ0n) is 12.0. The number of nitrogens with one attached hydrogen (secondary N) is 2. The number of aromatic amines is 1. The van der Waals surface area contributed by atoms with E-state index in [0.29, 0.717) is 5.56 Å². The summed E-state index contributed by atoms with van der Waals surface area (Å²) < 4.78 is 13.6. The van der Waals surface area contributed by atoms with Crippen LogP contribution in [0.1, 0.15) is 16.1 Å². The van der Waals surface area contributed by atoms with E-state index < -0.39 is 28.7 Å². The summed E-state index contributed by atoms with van der Waals surface area (Å²) in [6.45, 7) is 7.03. The number of aromatic nitrogens is 3. The summed E-state index contributed by atoms with van der Waals surface area (Å²) in [5.41, 5.74) is -1.06. The van der Waals surface area contributed by atoms with Crippen LogP contribution >= 0.6 is 0 Å². The molecule has 24 heavy (non-hydrogen) atoms. The van der Waals surface area contributed by atoms with Crippen molar-refractivity contribution >= 4 is 17.2 Å². The molecule has 3 aromatic rings. The molecule has 0 aliphatic rings. The molecule has 1 amide bonds. The van der Waals surface area contributed by atoms with Gasteiger partial charge in [0, 0.05) is 12.7 Å². The van der Waals surface area contributed by atoms with Crippen molar-refractivity contribution in [2.75, 3.05) is 0 Å². The number of hydrogen-bond donors (Lipinski definition) is 2. The first-order chi connectivity index (χ1) is 11.5. The number of fused-ring (bicyclic) bond motifs is 1. The number of carbonyl (C=O) groups is 1. The summed E-state index contributed by atoms with van der Waals surface area (Å²) >= 11 is 0. The molecular formula is C15H9FN5O3-. The lowest BCUT2D eigenvalue weighted by Gasteiger charge is -2.12. The number of carbonyl (C=O) groups excluding carboxylic acids is 1. The Kier molecular flexibility index (Phi) is 3.71. The summed E-state index contributed by atoms with van der Waals surface area (Å²) in [5.74, 6) is -2.34. The van der Waals surface area contributed by atoms with Gasteiger partial charge < -0.3 is 15.5 Å². The number of benzene rings is 1. The first-order valence-corrected chi connectivity index (χ1v) is 6.72. The van der Waals surface area contributed by atoms with Gasteiger partial charge in [0.2, 0.25) is 5.69 Å². The van der Waals surface area contributed by atoms with Gasteiger partial charge in [0.15, 0.2) is 5.65 Å². The van der Waals surface area contributed by atoms with E-state index in [-0.39, 0.29) is 17.9 Å². The Morgan fingerprint density at radius 1 is 1.42 bits per heavy atom. The lowest BCUT2D eigenvalue weighted by Crippen LogP contribution is -2.30. The topological polar surface area (TPSA) is 107 Å². The zero-order valence-corrected chi connectivity index (χ0v) is 12.0. The maximum atomic E-state index is 12.8. The van der Waals surface area contributed by atoms with Crippen molar-refractivity contribution < 1.29 is 14.3 Å². The standard InChI is InChI=1S/C15H10FN5O3/c1-17-10-7-19-21-13(10)20-11(12(22)15(21)24)14(23)18-6-8-2-4-9(16)5-3-8/h2-5,7,19,22H,6H2,(H,18,23)/p-1. The molecule has 0 aliphatic heterocycles. The Morgan fingerprint density at radius 2 is 2.12 bits per heavy atom. The lowest BCUT2D eigenvalue weighted by molar-refractivity contribution is -0.271. The number of amides is 1. The van der Waals surface area contributed by atoms with Gasteiger partial charge in [-0.1, -0.05) is 12.1 Å². The van der Waals surface area contributed by atoms with E-state index in [1.807, 2.05) is 0 Å². The Labute approximate surface area is 134 Å². The van der Waals surface area contributed by atoms with Crippen LogP contribution in [0.3, 0.4) is 0 Å². The fourth-order valence-corrected chi connectivity index (χ4v) is 2.09. The van der Waals surface area contributed by atoms with E-state index in [1.54, 1.807) is 0 Å². The van der Waals surface area contributed by atoms with Crippen molar-refractivity contribution in [2.45, 2.75) is 6.54 Å². The van der Waals surface area contributed by atoms with Gasteiger partial charge in [-0.05, 0) is 23.4 Å². The van der Waals surface area contributed by atoms with Crippen LogP contribution in [0.15, 0.2) is 35.3 Å². The van der Waals surface area contributed by atoms with Gasteiger partial charge in [-0.15, -0.1) is 0 Å². The maximum absolute atomic E-state index is 12.8. The van der Waals surface area contributed by atoms with Crippen LogP contribution in [0.25, 0.3) is 10.5 Å². The monoisotopic (exact) mass is 326 g/mol. The molecule has 2 aromatic heterocycles. The molecule has 0 atom stereocenters. The molecule has 0 saturated carbocycles. The highest BCUT2D eigenvalue weighted by Gasteiger charge is 2.16. The molecule has 0 aliphatic carbocycles. The summed E-state index contributed by atoms with van der Waals surface area (Å²) in [5, 5.41) is 16.8. The molecule has 0 spiro atoms. The second kappa shape index (κ2) is 5.85. The quantitative estimate of drug-likeness (QED) is 0.691. The van der Waals surface area contributed by atoms with E-state index in [1.165, 1.54) is 30.5 Å². The highest BCUT2D eigenvalue weighted by atomic mass is 19.1. The number of hydrogen-bond acceptors (Lipinski definition) is 4. The average molecular weight is 326 g/mol. The third-order valence-corrected chi connectivity index (χ3v) is 3.30. The van der Waals surface area contributed by atoms with Crippen molar-refractivity contribution in [3.05, 3.63) is 69.3 Å². The van der Waals surface area contributed by atoms with Gasteiger partial charge in [-0.3, -0.25) is 9.59 Å². The number of nitrogens with zero attached hydrogens (tertiary/aromatic N) is 3. The molecule has 2 heterocycles. The molecule has 120 valence electrons. The molecule has 2 N–H and O–H groups in total. The minimum Gasteiger partial charge on any atom is -0.867 e. The largest absolute Gasteiger partial charge is 0.867 e. The van der Waals surface area contributed by atoms with Crippen LogP contribution in [0.4, 0.5) is 10.1 Å². The van der Waals surface area contributed by atoms with Crippen LogP contribution in [0.5, 0.6) is 5.75 Å². The molecular weight excluding hydrogens is 317 g/mol. The molecule has 0 saturated heterocycles. The van der Waals surface area contributed by atoms with Gasteiger partial charge in [0.1, 0.15) is 11.5 Å². The van der Waals surface area contributed by atoms with Gasteiger partial charge in [0.25, 0.3) is 11.5 Å². The van der Waals surface area contributed by atoms with Gasteiger partial charge >= 0.3 is 0 Å². The van der Waals surface area contributed by atoms with Crippen molar-refractivity contribution in [2.24, 2.45) is 0 Å². The van der Waals surface area contributed by atoms with Crippen LogP contribution in [0, 0.1) is 12.4 Å². The van der Waals surface area contributed by atoms with Crippen LogP contribution < -0.4 is 16.0 Å². The first kappa shape index (κ1) is 15.2. The Hall–Kier alpha value is -3.67. The fourth-order valence-electron chi connectivity index (χ4n) is 2.09. The highest BCUT2D eigenvalue weighted by molar-refractivity contribution is 5.95. The molecule has 1 aromatic carbocycles. The molecule has 3 rings (SSSR count). The summed E-state index contributed by atoms with van der Waals surface area (Å²) in [7, 11) is 0. The smallest absolute Gasteiger partial charge is 0.269 e. The van der Waals surface area contributed by atoms with Gasteiger partial charge in [-0.25, -0.2) is 18.7 Å². The third-order valence-electron chi connectivity index (χ3n) is 3.30. The van der Waals surface area contributed by atoms with Crippen LogP contribution in [-0.2, 0) is 6.54 Å². The van der Waals surface area contributed by atoms with Gasteiger partial charge in [-0.2, -0.15) is 0 Å². The number of H-pyrrole nitrogens is 1. The molecule has 0 bridgehead atoms. The molecule has 9 heteroatoms. The van der Waals surface area contributed by atoms with E-state index in [0.717, 1.165) is 4.52 Å². The van der Waals surface area contributed by atoms with Gasteiger partial charge in [0.05, 0.1) is 6.57 Å². The molecule has 8 nitrogen and oxygen atoms in total. The Balaban J connectivity index is 1.92. The van der Waals surface area contributed by atoms with E-state index in [9.17, 15) is 19.1 Å². The number of halogens is 1. The summed E-state index contributed by atoms with van der Waals surface area (Å²) in [4.78, 5) is 31.1. The minimum absolute atomic E-state index is 0.0136. The van der Waals surface area contributed by atoms with Crippen LogP contribution in [-0.4, -0.2) is 20.5 Å². The predicted octanol–water partition coefficient (Wildman–Crippen LogP) is 0.716. The third kappa shape index (κ3) is 2.56. The van der Waals surface area contributed by atoms with Crippen molar-refractivity contribution in [1.29, 1.82) is 0 Å². The summed E-state index contributed by atoms with van der Waals surface area (Å²) in [6, 6.07) is 5.42. The zero-order chi connectivity index (χ0) is 17.3. The first-order valence-electron chi connectivity index (χ1n) is 6.72. The van der Waals surface area contributed by atoms with Crippen LogP contribution in [0.2, 0.25) is 0 Å². The molecule has 0 fully saturated rings. The van der Waals surface area contributed by atoms with E-state index >= 15 is 0 Å². The minimum atomic E-state index is -1.08. The lowest BCUT2D eigenvalue weighted by atomic mass is 10.2. The van der Waals surface area contributed by atoms with Crippen molar-refractivity contribution in [3.8, 4) is 5.75 Å². The highest BCUT2D eigenvalue weighted by Crippen LogP contribution is 2.18. The van der Waals surface area contributed by atoms with E-state index in [2.05, 4.69) is 20.2 Å². The predicted molar refractivity (Wildman–Crippen MR) is 79.1 cm³/mol. The maximum Gasteiger partial charge on any atom is 0.269 e. The number of rotatable bonds is 3. The average Bonchev–Trinajstić information content (AvgIpc) is 3.00. The normalized spacial score (nSPS) is 10.5.